The Labute approximate surface area is 209 Å². The molecule has 2 aromatic rings. The molecule has 0 heterocycles. The normalized spacial score (nSPS) is 24.8. The van der Waals surface area contributed by atoms with E-state index in [0.29, 0.717) is 11.8 Å². The maximum absolute atomic E-state index is 6.18. The molecular formula is C33H46O. The zero-order valence-electron chi connectivity index (χ0n) is 21.7. The van der Waals surface area contributed by atoms with Crippen LogP contribution in [0.4, 0.5) is 0 Å². The second-order valence-corrected chi connectivity index (χ2v) is 10.9. The lowest BCUT2D eigenvalue weighted by Crippen LogP contribution is -2.20. The van der Waals surface area contributed by atoms with Crippen molar-refractivity contribution in [3.8, 4) is 5.75 Å². The van der Waals surface area contributed by atoms with Gasteiger partial charge in [0.25, 0.3) is 0 Å². The fraction of sp³-hybridized carbons (Fsp3) is 0.576. The van der Waals surface area contributed by atoms with E-state index in [4.69, 9.17) is 4.74 Å². The standard InChI is InChI=1S/C33H46O/c1-3-5-6-8-27-13-15-29(16-14-27)30-17-19-31(20-18-30)32-21-23-33(24-22-32)34-25-28-11-9-26(7-4-2)10-12-28/h13-17,19,21-24,26,28,30-31H,3-12,18,20,25H2,1-2H3. The van der Waals surface area contributed by atoms with Crippen molar-refractivity contribution in [1.82, 2.24) is 0 Å². The van der Waals surface area contributed by atoms with E-state index in [0.717, 1.165) is 24.2 Å². The van der Waals surface area contributed by atoms with Gasteiger partial charge in [-0.05, 0) is 79.2 Å². The van der Waals surface area contributed by atoms with E-state index in [1.54, 1.807) is 0 Å². The first-order valence-corrected chi connectivity index (χ1v) is 14.2. The van der Waals surface area contributed by atoms with Crippen molar-refractivity contribution >= 4 is 0 Å². The van der Waals surface area contributed by atoms with Gasteiger partial charge in [0.1, 0.15) is 5.75 Å². The molecule has 2 unspecified atom stereocenters. The van der Waals surface area contributed by atoms with Crippen molar-refractivity contribution in [1.29, 1.82) is 0 Å². The minimum absolute atomic E-state index is 0.535. The molecule has 0 radical (unpaired) electrons. The van der Waals surface area contributed by atoms with Gasteiger partial charge in [0.05, 0.1) is 6.61 Å². The van der Waals surface area contributed by atoms with Gasteiger partial charge < -0.3 is 4.74 Å². The van der Waals surface area contributed by atoms with Gasteiger partial charge in [-0.2, -0.15) is 0 Å². The second kappa shape index (κ2) is 13.2. The molecule has 1 saturated carbocycles. The average Bonchev–Trinajstić information content (AvgIpc) is 2.89. The van der Waals surface area contributed by atoms with Gasteiger partial charge in [-0.3, -0.25) is 0 Å². The summed E-state index contributed by atoms with van der Waals surface area (Å²) >= 11 is 0. The van der Waals surface area contributed by atoms with Crippen molar-refractivity contribution in [2.24, 2.45) is 11.8 Å². The third kappa shape index (κ3) is 7.24. The zero-order chi connectivity index (χ0) is 23.6. The Morgan fingerprint density at radius 3 is 1.79 bits per heavy atom. The molecule has 2 aliphatic carbocycles. The summed E-state index contributed by atoms with van der Waals surface area (Å²) in [6.45, 7) is 5.47. The van der Waals surface area contributed by atoms with Gasteiger partial charge in [0.15, 0.2) is 0 Å². The number of rotatable bonds is 11. The molecule has 2 aromatic carbocycles. The molecule has 1 nitrogen and oxygen atoms in total. The van der Waals surface area contributed by atoms with Crippen LogP contribution in [0, 0.1) is 11.8 Å². The van der Waals surface area contributed by atoms with Gasteiger partial charge >= 0.3 is 0 Å². The summed E-state index contributed by atoms with van der Waals surface area (Å²) in [7, 11) is 0. The number of hydrogen-bond acceptors (Lipinski definition) is 1. The number of benzene rings is 2. The average molecular weight is 459 g/mol. The van der Waals surface area contributed by atoms with Crippen LogP contribution in [-0.2, 0) is 6.42 Å². The molecule has 34 heavy (non-hydrogen) atoms. The molecule has 0 aromatic heterocycles. The molecule has 2 atom stereocenters. The van der Waals surface area contributed by atoms with Crippen LogP contribution < -0.4 is 4.74 Å². The molecule has 0 aliphatic heterocycles. The van der Waals surface area contributed by atoms with Gasteiger partial charge in [0.2, 0.25) is 0 Å². The number of aryl methyl sites for hydroxylation is 1. The molecule has 0 amide bonds. The molecule has 184 valence electrons. The smallest absolute Gasteiger partial charge is 0.119 e. The molecule has 1 fully saturated rings. The maximum atomic E-state index is 6.18. The first-order chi connectivity index (χ1) is 16.7. The van der Waals surface area contributed by atoms with Crippen molar-refractivity contribution < 1.29 is 4.74 Å². The summed E-state index contributed by atoms with van der Waals surface area (Å²) < 4.78 is 6.18. The maximum Gasteiger partial charge on any atom is 0.119 e. The van der Waals surface area contributed by atoms with Crippen LogP contribution in [0.1, 0.15) is 113 Å². The van der Waals surface area contributed by atoms with E-state index in [9.17, 15) is 0 Å². The minimum atomic E-state index is 0.535. The van der Waals surface area contributed by atoms with Gasteiger partial charge in [-0.1, -0.05) is 101 Å². The van der Waals surface area contributed by atoms with Crippen molar-refractivity contribution in [3.63, 3.8) is 0 Å². The quantitative estimate of drug-likeness (QED) is 0.240. The van der Waals surface area contributed by atoms with Crippen LogP contribution in [0.25, 0.3) is 0 Å². The van der Waals surface area contributed by atoms with Crippen molar-refractivity contribution in [2.45, 2.75) is 103 Å². The topological polar surface area (TPSA) is 9.23 Å². The Hall–Kier alpha value is -2.02. The first kappa shape index (κ1) is 25.1. The second-order valence-electron chi connectivity index (χ2n) is 10.9. The fourth-order valence-electron chi connectivity index (χ4n) is 6.01. The first-order valence-electron chi connectivity index (χ1n) is 14.2. The minimum Gasteiger partial charge on any atom is -0.493 e. The SMILES string of the molecule is CCCCCc1ccc(C2C=CC(c3ccc(OCC4CCC(CCC)CC4)cc3)CC2)cc1. The molecule has 4 rings (SSSR count). The van der Waals surface area contributed by atoms with E-state index in [1.165, 1.54) is 93.7 Å². The van der Waals surface area contributed by atoms with Crippen molar-refractivity contribution in [2.75, 3.05) is 6.61 Å². The lowest BCUT2D eigenvalue weighted by Gasteiger charge is -2.28. The molecule has 2 aliphatic rings. The number of allylic oxidation sites excluding steroid dienone is 2. The fourth-order valence-corrected chi connectivity index (χ4v) is 6.01. The van der Waals surface area contributed by atoms with Crippen molar-refractivity contribution in [3.05, 3.63) is 77.4 Å². The van der Waals surface area contributed by atoms with E-state index < -0.39 is 0 Å². The lowest BCUT2D eigenvalue weighted by atomic mass is 9.80. The Morgan fingerprint density at radius 1 is 0.647 bits per heavy atom. The Bertz CT molecular complexity index is 854. The van der Waals surface area contributed by atoms with Crippen LogP contribution in [0.3, 0.4) is 0 Å². The Balaban J connectivity index is 1.23. The van der Waals surface area contributed by atoms with Crippen LogP contribution >= 0.6 is 0 Å². The third-order valence-electron chi connectivity index (χ3n) is 8.30. The number of hydrogen-bond donors (Lipinski definition) is 0. The summed E-state index contributed by atoms with van der Waals surface area (Å²) in [5, 5.41) is 0. The van der Waals surface area contributed by atoms with E-state index in [1.807, 2.05) is 0 Å². The predicted molar refractivity (Wildman–Crippen MR) is 146 cm³/mol. The van der Waals surface area contributed by atoms with Crippen LogP contribution in [-0.4, -0.2) is 6.61 Å². The van der Waals surface area contributed by atoms with Gasteiger partial charge in [-0.25, -0.2) is 0 Å². The highest BCUT2D eigenvalue weighted by molar-refractivity contribution is 5.35. The van der Waals surface area contributed by atoms with Crippen LogP contribution in [0.5, 0.6) is 5.75 Å². The summed E-state index contributed by atoms with van der Waals surface area (Å²) in [6.07, 6.45) is 20.7. The number of ether oxygens (including phenoxy) is 1. The van der Waals surface area contributed by atoms with Gasteiger partial charge in [-0.15, -0.1) is 0 Å². The summed E-state index contributed by atoms with van der Waals surface area (Å²) in [5.74, 6) is 3.86. The highest BCUT2D eigenvalue weighted by atomic mass is 16.5. The zero-order valence-corrected chi connectivity index (χ0v) is 21.7. The largest absolute Gasteiger partial charge is 0.493 e. The molecular weight excluding hydrogens is 412 g/mol. The third-order valence-corrected chi connectivity index (χ3v) is 8.30. The molecule has 1 heteroatoms. The van der Waals surface area contributed by atoms with E-state index in [2.05, 4.69) is 74.5 Å². The van der Waals surface area contributed by atoms with Crippen LogP contribution in [0.15, 0.2) is 60.7 Å². The molecule has 0 spiro atoms. The molecule has 0 N–H and O–H groups in total. The number of unbranched alkanes of at least 4 members (excludes halogenated alkanes) is 2. The summed E-state index contributed by atoms with van der Waals surface area (Å²) in [4.78, 5) is 0. The van der Waals surface area contributed by atoms with E-state index in [-0.39, 0.29) is 0 Å². The van der Waals surface area contributed by atoms with Crippen LogP contribution in [0.2, 0.25) is 0 Å². The summed E-state index contributed by atoms with van der Waals surface area (Å²) in [6, 6.07) is 18.4. The lowest BCUT2D eigenvalue weighted by molar-refractivity contribution is 0.178. The Kier molecular flexibility index (Phi) is 9.72. The monoisotopic (exact) mass is 458 g/mol. The van der Waals surface area contributed by atoms with Gasteiger partial charge in [0, 0.05) is 11.8 Å². The van der Waals surface area contributed by atoms with E-state index >= 15 is 0 Å². The highest BCUT2D eigenvalue weighted by Gasteiger charge is 2.21. The highest BCUT2D eigenvalue weighted by Crippen LogP contribution is 2.36. The molecule has 0 bridgehead atoms. The summed E-state index contributed by atoms with van der Waals surface area (Å²) in [5.41, 5.74) is 4.39. The predicted octanol–water partition coefficient (Wildman–Crippen LogP) is 9.62. The molecule has 0 saturated heterocycles. The Morgan fingerprint density at radius 2 is 1.24 bits per heavy atom.